The van der Waals surface area contributed by atoms with E-state index >= 15 is 0 Å². The third-order valence-corrected chi connectivity index (χ3v) is 6.40. The molecule has 2 heterocycles. The Kier molecular flexibility index (Phi) is 4.75. The van der Waals surface area contributed by atoms with Crippen molar-refractivity contribution in [2.24, 2.45) is 0 Å². The number of aryl methyl sites for hydroxylation is 2. The lowest BCUT2D eigenvalue weighted by molar-refractivity contribution is 0.813. The molecule has 0 bridgehead atoms. The summed E-state index contributed by atoms with van der Waals surface area (Å²) in [6, 6.07) is 15.9. The van der Waals surface area contributed by atoms with Gasteiger partial charge >= 0.3 is 0 Å². The van der Waals surface area contributed by atoms with Crippen molar-refractivity contribution in [1.82, 2.24) is 14.1 Å². The van der Waals surface area contributed by atoms with Crippen molar-refractivity contribution in [3.05, 3.63) is 74.0 Å². The van der Waals surface area contributed by atoms with Gasteiger partial charge in [-0.15, -0.1) is 0 Å². The maximum absolute atomic E-state index is 13.3. The van der Waals surface area contributed by atoms with Crippen molar-refractivity contribution in [3.63, 3.8) is 0 Å². The van der Waals surface area contributed by atoms with E-state index in [1.807, 2.05) is 73.2 Å². The molecule has 0 amide bonds. The van der Waals surface area contributed by atoms with Crippen LogP contribution in [0.4, 0.5) is 0 Å². The van der Waals surface area contributed by atoms with Gasteiger partial charge in [-0.1, -0.05) is 59.0 Å². The number of hydrogen-bond acceptors (Lipinski definition) is 5. The molecule has 4 rings (SSSR count). The van der Waals surface area contributed by atoms with Crippen LogP contribution >= 0.6 is 35.3 Å². The predicted octanol–water partition coefficient (Wildman–Crippen LogP) is 5.31. The second-order valence-electron chi connectivity index (χ2n) is 6.22. The first-order valence-corrected chi connectivity index (χ1v) is 10.8. The normalized spacial score (nSPS) is 11.2. The van der Waals surface area contributed by atoms with Crippen LogP contribution in [0.25, 0.3) is 21.7 Å². The average molecular weight is 412 g/mol. The second-order valence-corrected chi connectivity index (χ2v) is 8.63. The Balaban J connectivity index is 2.08. The summed E-state index contributed by atoms with van der Waals surface area (Å²) in [5.74, 6) is 0. The maximum Gasteiger partial charge on any atom is 0.278 e. The van der Waals surface area contributed by atoms with Gasteiger partial charge in [0.1, 0.15) is 4.70 Å². The minimum absolute atomic E-state index is 0.0864. The van der Waals surface area contributed by atoms with Gasteiger partial charge in [0, 0.05) is 0 Å². The first-order chi connectivity index (χ1) is 13.0. The highest BCUT2D eigenvalue weighted by Gasteiger charge is 2.18. The monoisotopic (exact) mass is 411 g/mol. The van der Waals surface area contributed by atoms with Gasteiger partial charge in [-0.3, -0.25) is 13.9 Å². The van der Waals surface area contributed by atoms with Gasteiger partial charge in [0.05, 0.1) is 11.4 Å². The lowest BCUT2D eigenvalue weighted by Crippen LogP contribution is -2.21. The fourth-order valence-electron chi connectivity index (χ4n) is 3.02. The molecule has 27 heavy (non-hydrogen) atoms. The van der Waals surface area contributed by atoms with Crippen molar-refractivity contribution in [2.45, 2.75) is 19.0 Å². The molecule has 0 aliphatic carbocycles. The van der Waals surface area contributed by atoms with Crippen LogP contribution in [0.5, 0.6) is 0 Å². The molecule has 0 saturated heterocycles. The quantitative estimate of drug-likeness (QED) is 0.260. The van der Waals surface area contributed by atoms with E-state index in [0.717, 1.165) is 22.5 Å². The molecule has 7 heteroatoms. The van der Waals surface area contributed by atoms with Crippen molar-refractivity contribution in [2.75, 3.05) is 6.26 Å². The Labute approximate surface area is 170 Å². The van der Waals surface area contributed by atoms with Crippen molar-refractivity contribution in [3.8, 4) is 11.4 Å². The molecule has 0 aliphatic heterocycles. The number of thiazole rings is 1. The molecule has 2 aromatic carbocycles. The Morgan fingerprint density at radius 2 is 1.74 bits per heavy atom. The average Bonchev–Trinajstić information content (AvgIpc) is 2.99. The van der Waals surface area contributed by atoms with Gasteiger partial charge in [0.25, 0.3) is 5.56 Å². The SMILES string of the molecule is CSc1nc2c(sc(=S)n2-c2ccccc2C)c(=O)n1-c1ccc(C)cc1. The van der Waals surface area contributed by atoms with Crippen LogP contribution in [-0.4, -0.2) is 20.4 Å². The van der Waals surface area contributed by atoms with Crippen LogP contribution in [-0.2, 0) is 0 Å². The lowest BCUT2D eigenvalue weighted by atomic mass is 10.2. The van der Waals surface area contributed by atoms with Crippen LogP contribution in [0.2, 0.25) is 0 Å². The molecule has 0 spiro atoms. The van der Waals surface area contributed by atoms with Gasteiger partial charge in [0.15, 0.2) is 14.8 Å². The molecular weight excluding hydrogens is 394 g/mol. The fourth-order valence-corrected chi connectivity index (χ4v) is 4.86. The van der Waals surface area contributed by atoms with Crippen LogP contribution in [0.3, 0.4) is 0 Å². The summed E-state index contributed by atoms with van der Waals surface area (Å²) >= 11 is 8.36. The number of fused-ring (bicyclic) bond motifs is 1. The molecule has 0 saturated carbocycles. The third-order valence-electron chi connectivity index (χ3n) is 4.41. The molecule has 136 valence electrons. The lowest BCUT2D eigenvalue weighted by Gasteiger charge is -2.12. The van der Waals surface area contributed by atoms with Crippen molar-refractivity contribution in [1.29, 1.82) is 0 Å². The van der Waals surface area contributed by atoms with E-state index in [1.54, 1.807) is 4.57 Å². The summed E-state index contributed by atoms with van der Waals surface area (Å²) in [5.41, 5.74) is 4.54. The zero-order chi connectivity index (χ0) is 19.1. The highest BCUT2D eigenvalue weighted by atomic mass is 32.2. The van der Waals surface area contributed by atoms with E-state index in [0.29, 0.717) is 19.5 Å². The predicted molar refractivity (Wildman–Crippen MR) is 117 cm³/mol. The number of thioether (sulfide) groups is 1. The van der Waals surface area contributed by atoms with E-state index < -0.39 is 0 Å². The zero-order valence-corrected chi connectivity index (χ0v) is 17.5. The number of nitrogens with zero attached hydrogens (tertiary/aromatic N) is 3. The number of benzene rings is 2. The molecule has 4 aromatic rings. The van der Waals surface area contributed by atoms with Crippen LogP contribution in [0, 0.1) is 17.8 Å². The van der Waals surface area contributed by atoms with E-state index in [-0.39, 0.29) is 5.56 Å². The van der Waals surface area contributed by atoms with Crippen molar-refractivity contribution < 1.29 is 0 Å². The maximum atomic E-state index is 13.3. The molecule has 4 nitrogen and oxygen atoms in total. The van der Waals surface area contributed by atoms with Gasteiger partial charge in [-0.05, 0) is 56.1 Å². The summed E-state index contributed by atoms with van der Waals surface area (Å²) in [6.07, 6.45) is 1.93. The molecule has 2 aromatic heterocycles. The first kappa shape index (κ1) is 18.2. The van der Waals surface area contributed by atoms with E-state index in [1.165, 1.54) is 23.1 Å². The molecule has 0 aliphatic rings. The standard InChI is InChI=1S/C20H17N3OS3/c1-12-8-10-14(11-9-12)22-18(24)16-17(21-19(22)26-3)23(20(25)27-16)15-7-5-4-6-13(15)2/h4-11H,1-3H3. The third kappa shape index (κ3) is 3.05. The Morgan fingerprint density at radius 3 is 2.41 bits per heavy atom. The summed E-state index contributed by atoms with van der Waals surface area (Å²) < 4.78 is 4.77. The Bertz CT molecular complexity index is 1270. The zero-order valence-electron chi connectivity index (χ0n) is 15.1. The number of hydrogen-bond donors (Lipinski definition) is 0. The second kappa shape index (κ2) is 7.07. The van der Waals surface area contributed by atoms with Crippen molar-refractivity contribution >= 4 is 45.7 Å². The molecular formula is C20H17N3OS3. The van der Waals surface area contributed by atoms with Crippen LogP contribution < -0.4 is 5.56 Å². The smallest absolute Gasteiger partial charge is 0.275 e. The first-order valence-electron chi connectivity index (χ1n) is 8.37. The fraction of sp³-hybridized carbons (Fsp3) is 0.150. The number of rotatable bonds is 3. The molecule has 0 atom stereocenters. The summed E-state index contributed by atoms with van der Waals surface area (Å²) in [6.45, 7) is 4.06. The van der Waals surface area contributed by atoms with Gasteiger partial charge < -0.3 is 0 Å². The summed E-state index contributed by atoms with van der Waals surface area (Å²) in [5, 5.41) is 0.645. The number of para-hydroxylation sites is 1. The van der Waals surface area contributed by atoms with Crippen LogP contribution in [0.15, 0.2) is 58.5 Å². The topological polar surface area (TPSA) is 39.8 Å². The Hall–Kier alpha value is -2.22. The molecule has 0 radical (unpaired) electrons. The van der Waals surface area contributed by atoms with E-state index in [2.05, 4.69) is 0 Å². The van der Waals surface area contributed by atoms with E-state index in [9.17, 15) is 4.79 Å². The minimum Gasteiger partial charge on any atom is -0.275 e. The largest absolute Gasteiger partial charge is 0.278 e. The van der Waals surface area contributed by atoms with Crippen LogP contribution in [0.1, 0.15) is 11.1 Å². The Morgan fingerprint density at radius 1 is 1.04 bits per heavy atom. The molecule has 0 N–H and O–H groups in total. The summed E-state index contributed by atoms with van der Waals surface area (Å²) in [4.78, 5) is 18.2. The minimum atomic E-state index is -0.0864. The van der Waals surface area contributed by atoms with Gasteiger partial charge in [0.2, 0.25) is 0 Å². The van der Waals surface area contributed by atoms with Gasteiger partial charge in [-0.2, -0.15) is 0 Å². The summed E-state index contributed by atoms with van der Waals surface area (Å²) in [7, 11) is 0. The number of aromatic nitrogens is 3. The highest BCUT2D eigenvalue weighted by molar-refractivity contribution is 7.98. The molecule has 0 unspecified atom stereocenters. The van der Waals surface area contributed by atoms with Gasteiger partial charge in [-0.25, -0.2) is 4.98 Å². The van der Waals surface area contributed by atoms with E-state index in [4.69, 9.17) is 17.2 Å². The molecule has 0 fully saturated rings. The highest BCUT2D eigenvalue weighted by Crippen LogP contribution is 2.27.